The molecule has 1 aliphatic heterocycles. The summed E-state index contributed by atoms with van der Waals surface area (Å²) in [6, 6.07) is 9.84. The van der Waals surface area contributed by atoms with Gasteiger partial charge in [0.05, 0.1) is 5.57 Å². The molecule has 0 aromatic heterocycles. The summed E-state index contributed by atoms with van der Waals surface area (Å²) in [5.74, 6) is 0. The largest absolute Gasteiger partial charge is 2.00 e. The van der Waals surface area contributed by atoms with Crippen molar-refractivity contribution in [2.45, 2.75) is 332 Å². The zero-order valence-corrected chi connectivity index (χ0v) is 52.1. The normalized spacial score (nSPS) is 12.4. The first-order valence-corrected chi connectivity index (χ1v) is 32.3. The molecule has 0 saturated heterocycles. The summed E-state index contributed by atoms with van der Waals surface area (Å²) in [6.45, 7) is 30.6. The van der Waals surface area contributed by atoms with E-state index in [9.17, 15) is 5.53 Å². The SMILES string of the molecule is CCCCCCCC=CC1=C(c2cc(CCC)c(CCC)c(CCC)c2)[N+](=[N-])C(c2cc(CCC)c(CCC)c(CCC)c2)=C1CCCCCC.[CH2-]CCCCCCCCCC.[CH2-]CCCCCCCCCC.[Ni+2]. The Morgan fingerprint density at radius 2 is 0.676 bits per heavy atom. The third-order valence-electron chi connectivity index (χ3n) is 15.0. The molecule has 0 N–H and O–H groups in total. The molecule has 2 aromatic rings. The van der Waals surface area contributed by atoms with Gasteiger partial charge in [-0.3, -0.25) is 0 Å². The maximum atomic E-state index is 12.7. The molecule has 0 spiro atoms. The number of benzene rings is 2. The molecule has 0 saturated carbocycles. The van der Waals surface area contributed by atoms with Gasteiger partial charge in [0.1, 0.15) is 0 Å². The van der Waals surface area contributed by atoms with E-state index in [-0.39, 0.29) is 16.5 Å². The molecule has 0 radical (unpaired) electrons. The first-order chi connectivity index (χ1) is 35.8. The van der Waals surface area contributed by atoms with Crippen LogP contribution < -0.4 is 0 Å². The van der Waals surface area contributed by atoms with Crippen molar-refractivity contribution < 1.29 is 21.2 Å². The van der Waals surface area contributed by atoms with Crippen LogP contribution in [0.3, 0.4) is 0 Å². The Balaban J connectivity index is 0.00000191. The van der Waals surface area contributed by atoms with Gasteiger partial charge in [0, 0.05) is 16.7 Å². The van der Waals surface area contributed by atoms with E-state index in [0.29, 0.717) is 0 Å². The molecule has 2 aromatic carbocycles. The number of unbranched alkanes of at least 4 members (excludes halogenated alkanes) is 24. The summed E-state index contributed by atoms with van der Waals surface area (Å²) in [6.07, 6.45) is 56.6. The van der Waals surface area contributed by atoms with Gasteiger partial charge in [0.25, 0.3) is 0 Å². The molecule has 0 amide bonds. The van der Waals surface area contributed by atoms with Gasteiger partial charge in [-0.2, -0.15) is 12.8 Å². The Bertz CT molecular complexity index is 1690. The minimum Gasteiger partial charge on any atom is -0.493 e. The first-order valence-electron chi connectivity index (χ1n) is 32.3. The minimum absolute atomic E-state index is 0. The summed E-state index contributed by atoms with van der Waals surface area (Å²) in [5, 5.41) is 0. The maximum Gasteiger partial charge on any atom is 2.00 e. The van der Waals surface area contributed by atoms with Crippen LogP contribution in [0.5, 0.6) is 0 Å². The van der Waals surface area contributed by atoms with Crippen molar-refractivity contribution in [1.82, 2.24) is 0 Å². The molecular weight excluding hydrogens is 939 g/mol. The third-order valence-corrected chi connectivity index (χ3v) is 15.0. The van der Waals surface area contributed by atoms with Crippen molar-refractivity contribution in [1.29, 1.82) is 0 Å². The van der Waals surface area contributed by atoms with E-state index < -0.39 is 0 Å². The van der Waals surface area contributed by atoms with Gasteiger partial charge in [0.2, 0.25) is 11.4 Å². The average molecular weight is 1060 g/mol. The van der Waals surface area contributed by atoms with Crippen molar-refractivity contribution in [2.75, 3.05) is 0 Å². The van der Waals surface area contributed by atoms with E-state index in [1.54, 1.807) is 15.8 Å². The molecule has 0 unspecified atom stereocenters. The molecule has 2 nitrogen and oxygen atoms in total. The number of hydrogen-bond acceptors (Lipinski definition) is 0. The van der Waals surface area contributed by atoms with E-state index >= 15 is 0 Å². The van der Waals surface area contributed by atoms with Gasteiger partial charge >= 0.3 is 16.5 Å². The third kappa shape index (κ3) is 28.9. The Kier molecular flexibility index (Phi) is 47.6. The molecule has 0 atom stereocenters. The minimum atomic E-state index is 0. The van der Waals surface area contributed by atoms with E-state index in [0.717, 1.165) is 121 Å². The molecule has 74 heavy (non-hydrogen) atoms. The number of hydrogen-bond donors (Lipinski definition) is 0. The standard InChI is InChI=1S/C49H76N2.2C11H23.Ni/c1-9-17-19-21-22-23-25-33-47-46(32-24-20-18-10-2)48(42-34-38(26-11-3)44(30-15-7)39(35-42)27-12-4)51(50)49(47)43-36-40(28-13-5)45(31-16-8)41(37-43)29-14-6;2*1-3-5-7-9-11-10-8-6-4-2;/h25,33-37H,9-24,26-32H2,1-8H3;2*1,3-11H2,2H3;/q;2*-1;+2. The number of aryl methyl sites for hydroxylation is 4. The predicted molar refractivity (Wildman–Crippen MR) is 331 cm³/mol. The van der Waals surface area contributed by atoms with Crippen LogP contribution in [0.2, 0.25) is 0 Å². The van der Waals surface area contributed by atoms with E-state index in [1.807, 2.05) is 0 Å². The molecule has 0 fully saturated rings. The van der Waals surface area contributed by atoms with Crippen LogP contribution in [-0.2, 0) is 55.0 Å². The van der Waals surface area contributed by atoms with E-state index in [1.165, 1.54) is 199 Å². The number of allylic oxidation sites excluding steroid dienone is 4. The Labute approximate surface area is 473 Å². The Hall–Kier alpha value is -2.25. The molecule has 1 aliphatic rings. The van der Waals surface area contributed by atoms with Gasteiger partial charge in [-0.15, -0.1) is 0 Å². The zero-order chi connectivity index (χ0) is 53.7. The molecule has 3 heteroatoms. The van der Waals surface area contributed by atoms with Crippen molar-refractivity contribution in [3.63, 3.8) is 0 Å². The molecule has 3 rings (SSSR count). The van der Waals surface area contributed by atoms with Crippen LogP contribution >= 0.6 is 0 Å². The fraction of sp³-hybridized carbons (Fsp3) is 0.718. The molecule has 0 bridgehead atoms. The van der Waals surface area contributed by atoms with Crippen LogP contribution in [0.15, 0.2) is 47.6 Å². The number of rotatable bonds is 42. The Morgan fingerprint density at radius 1 is 0.365 bits per heavy atom. The van der Waals surface area contributed by atoms with E-state index in [4.69, 9.17) is 0 Å². The fourth-order valence-electron chi connectivity index (χ4n) is 11.0. The molecule has 1 heterocycles. The first kappa shape index (κ1) is 71.8. The predicted octanol–water partition coefficient (Wildman–Crippen LogP) is 24.2. The van der Waals surface area contributed by atoms with Crippen molar-refractivity contribution in [3.8, 4) is 0 Å². The average Bonchev–Trinajstić information content (AvgIpc) is 3.66. The second-order valence-electron chi connectivity index (χ2n) is 22.0. The molecule has 0 aliphatic carbocycles. The Morgan fingerprint density at radius 3 is 1.01 bits per heavy atom. The summed E-state index contributed by atoms with van der Waals surface area (Å²) in [4.78, 5) is 0. The van der Waals surface area contributed by atoms with E-state index in [2.05, 4.69) is 120 Å². The topological polar surface area (TPSA) is 25.3 Å². The summed E-state index contributed by atoms with van der Waals surface area (Å²) in [7, 11) is 0. The van der Waals surface area contributed by atoms with Gasteiger partial charge in [0.15, 0.2) is 0 Å². The second-order valence-corrected chi connectivity index (χ2v) is 22.0. The van der Waals surface area contributed by atoms with Crippen molar-refractivity contribution >= 4 is 11.4 Å². The van der Waals surface area contributed by atoms with Gasteiger partial charge in [-0.25, -0.2) is 4.70 Å². The monoisotopic (exact) mass is 1060 g/mol. The zero-order valence-electron chi connectivity index (χ0n) is 51.1. The van der Waals surface area contributed by atoms with Gasteiger partial charge < -0.3 is 19.4 Å². The van der Waals surface area contributed by atoms with Crippen molar-refractivity contribution in [3.05, 3.63) is 111 Å². The summed E-state index contributed by atoms with van der Waals surface area (Å²) < 4.78 is 1.65. The number of nitrogens with zero attached hydrogens (tertiary/aromatic N) is 2. The smallest absolute Gasteiger partial charge is 0.493 e. The summed E-state index contributed by atoms with van der Waals surface area (Å²) in [5.41, 5.74) is 28.8. The summed E-state index contributed by atoms with van der Waals surface area (Å²) >= 11 is 0. The van der Waals surface area contributed by atoms with Crippen LogP contribution in [0.4, 0.5) is 0 Å². The van der Waals surface area contributed by atoms with Gasteiger partial charge in [-0.1, -0.05) is 268 Å². The second kappa shape index (κ2) is 49.1. The van der Waals surface area contributed by atoms with Crippen LogP contribution in [0.1, 0.15) is 338 Å². The molecular formula is C71H122N2Ni. The van der Waals surface area contributed by atoms with Crippen LogP contribution in [0, 0.1) is 13.8 Å². The molecule has 426 valence electrons. The maximum absolute atomic E-state index is 12.7. The van der Waals surface area contributed by atoms with Crippen molar-refractivity contribution in [2.24, 2.45) is 0 Å². The fourth-order valence-corrected chi connectivity index (χ4v) is 11.0. The van der Waals surface area contributed by atoms with Gasteiger partial charge in [-0.05, 0) is 122 Å². The van der Waals surface area contributed by atoms with Crippen LogP contribution in [0.25, 0.3) is 16.9 Å². The quantitative estimate of drug-likeness (QED) is 0.0274. The van der Waals surface area contributed by atoms with Crippen LogP contribution in [-0.4, -0.2) is 4.70 Å².